The Hall–Kier alpha value is -2.61. The molecule has 31 heavy (non-hydrogen) atoms. The van der Waals surface area contributed by atoms with E-state index in [0.717, 1.165) is 48.8 Å². The van der Waals surface area contributed by atoms with Crippen molar-refractivity contribution < 1.29 is 18.3 Å². The van der Waals surface area contributed by atoms with Gasteiger partial charge in [-0.2, -0.15) is 13.2 Å². The predicted octanol–water partition coefficient (Wildman–Crippen LogP) is 5.21. The Morgan fingerprint density at radius 3 is 2.87 bits per heavy atom. The van der Waals surface area contributed by atoms with Crippen LogP contribution >= 0.6 is 0 Å². The predicted molar refractivity (Wildman–Crippen MR) is 112 cm³/mol. The summed E-state index contributed by atoms with van der Waals surface area (Å²) in [6.07, 6.45) is 8.24. The van der Waals surface area contributed by atoms with Gasteiger partial charge >= 0.3 is 6.18 Å². The van der Waals surface area contributed by atoms with Crippen molar-refractivity contribution >= 4 is 5.65 Å². The number of imidazole rings is 1. The highest BCUT2D eigenvalue weighted by atomic mass is 19.4. The molecule has 1 fully saturated rings. The van der Waals surface area contributed by atoms with E-state index in [4.69, 9.17) is 4.98 Å². The Labute approximate surface area is 179 Å². The summed E-state index contributed by atoms with van der Waals surface area (Å²) < 4.78 is 41.8. The summed E-state index contributed by atoms with van der Waals surface area (Å²) in [7, 11) is 0. The molecule has 1 saturated heterocycles. The number of rotatable bonds is 4. The van der Waals surface area contributed by atoms with E-state index >= 15 is 0 Å². The van der Waals surface area contributed by atoms with Gasteiger partial charge in [-0.15, -0.1) is 0 Å². The Morgan fingerprint density at radius 1 is 1.39 bits per heavy atom. The number of hydrogen-bond acceptors (Lipinski definition) is 4. The van der Waals surface area contributed by atoms with Gasteiger partial charge in [0.25, 0.3) is 0 Å². The molecule has 0 amide bonds. The smallest absolute Gasteiger partial charge is 0.373 e. The van der Waals surface area contributed by atoms with Crippen molar-refractivity contribution in [2.24, 2.45) is 0 Å². The fraction of sp³-hybridized carbons (Fsp3) is 0.478. The first-order valence-corrected chi connectivity index (χ1v) is 10.7. The van der Waals surface area contributed by atoms with Crippen molar-refractivity contribution in [1.82, 2.24) is 19.7 Å². The molecule has 3 atom stereocenters. The van der Waals surface area contributed by atoms with Gasteiger partial charge in [0, 0.05) is 30.2 Å². The first-order chi connectivity index (χ1) is 14.8. The zero-order valence-electron chi connectivity index (χ0n) is 17.5. The number of nitrogens with zero attached hydrogens (tertiary/aromatic N) is 3. The molecule has 4 rings (SSSR count). The molecule has 8 heteroatoms. The number of alkyl halides is 3. The standard InChI is InChI=1S/C23H27F3N4O/c1-3-15(10-17-11-20(31)28-14(17)2)22-21(16-8-6-4-5-7-9-16)29-19-12-27-18(13-30(19)22)23(24,25)26/h4,6,10,12-13,15-16,20,28,31H,2-3,5,7-9,11H2,1H3/b17-10-/t15?,16?,20-/m1/s1. The second-order valence-electron chi connectivity index (χ2n) is 8.27. The van der Waals surface area contributed by atoms with Crippen molar-refractivity contribution in [2.75, 3.05) is 0 Å². The average Bonchev–Trinajstić information content (AvgIpc) is 3.10. The highest BCUT2D eigenvalue weighted by Gasteiger charge is 2.34. The summed E-state index contributed by atoms with van der Waals surface area (Å²) in [6.45, 7) is 5.96. The number of halogens is 3. The van der Waals surface area contributed by atoms with Crippen molar-refractivity contribution in [2.45, 2.75) is 69.7 Å². The molecule has 0 bridgehead atoms. The molecule has 2 aromatic heterocycles. The fourth-order valence-electron chi connectivity index (χ4n) is 4.51. The van der Waals surface area contributed by atoms with Crippen LogP contribution in [0.5, 0.6) is 0 Å². The Morgan fingerprint density at radius 2 is 2.19 bits per heavy atom. The molecule has 0 aromatic carbocycles. The number of hydrogen-bond donors (Lipinski definition) is 2. The van der Waals surface area contributed by atoms with Crippen molar-refractivity contribution in [3.8, 4) is 0 Å². The molecule has 2 aromatic rings. The Kier molecular flexibility index (Phi) is 5.92. The van der Waals surface area contributed by atoms with Gasteiger partial charge in [-0.05, 0) is 37.7 Å². The zero-order valence-corrected chi connectivity index (χ0v) is 17.5. The van der Waals surface area contributed by atoms with Gasteiger partial charge in [0.2, 0.25) is 0 Å². The second kappa shape index (κ2) is 8.49. The molecule has 2 aliphatic rings. The lowest BCUT2D eigenvalue weighted by atomic mass is 9.89. The van der Waals surface area contributed by atoms with Gasteiger partial charge < -0.3 is 10.4 Å². The average molecular weight is 432 g/mol. The molecule has 0 spiro atoms. The van der Waals surface area contributed by atoms with Crippen LogP contribution in [0.1, 0.15) is 74.4 Å². The summed E-state index contributed by atoms with van der Waals surface area (Å²) in [5.74, 6) is -0.0227. The van der Waals surface area contributed by atoms with Crippen molar-refractivity contribution in [1.29, 1.82) is 0 Å². The summed E-state index contributed by atoms with van der Waals surface area (Å²) in [5.41, 5.74) is 2.63. The maximum atomic E-state index is 13.4. The normalized spacial score (nSPS) is 24.5. The molecular weight excluding hydrogens is 405 g/mol. The lowest BCUT2D eigenvalue weighted by Crippen LogP contribution is -2.17. The van der Waals surface area contributed by atoms with Gasteiger partial charge in [0.05, 0.1) is 17.6 Å². The highest BCUT2D eigenvalue weighted by Crippen LogP contribution is 2.38. The summed E-state index contributed by atoms with van der Waals surface area (Å²) >= 11 is 0. The number of allylic oxidation sites excluding steroid dienone is 4. The van der Waals surface area contributed by atoms with E-state index < -0.39 is 18.1 Å². The van der Waals surface area contributed by atoms with Gasteiger partial charge in [-0.1, -0.05) is 31.7 Å². The third kappa shape index (κ3) is 4.39. The van der Waals surface area contributed by atoms with Gasteiger partial charge in [-0.3, -0.25) is 4.40 Å². The summed E-state index contributed by atoms with van der Waals surface area (Å²) in [4.78, 5) is 8.37. The molecule has 0 radical (unpaired) electrons. The maximum Gasteiger partial charge on any atom is 0.434 e. The van der Waals surface area contributed by atoms with E-state index in [2.05, 4.69) is 29.0 Å². The van der Waals surface area contributed by atoms with E-state index in [9.17, 15) is 18.3 Å². The molecule has 0 saturated carbocycles. The maximum absolute atomic E-state index is 13.4. The van der Waals surface area contributed by atoms with Gasteiger partial charge in [-0.25, -0.2) is 9.97 Å². The minimum absolute atomic E-state index is 0.144. The Balaban J connectivity index is 1.88. The Bertz CT molecular complexity index is 1040. The van der Waals surface area contributed by atoms with E-state index in [1.54, 1.807) is 4.40 Å². The zero-order chi connectivity index (χ0) is 22.2. The third-order valence-electron chi connectivity index (χ3n) is 6.10. The molecule has 2 N–H and O–H groups in total. The van der Waals surface area contributed by atoms with Crippen LogP contribution in [0.15, 0.2) is 48.5 Å². The fourth-order valence-corrected chi connectivity index (χ4v) is 4.51. The van der Waals surface area contributed by atoms with Crippen LogP contribution in [0.2, 0.25) is 0 Å². The van der Waals surface area contributed by atoms with Crippen molar-refractivity contribution in [3.63, 3.8) is 0 Å². The van der Waals surface area contributed by atoms with Crippen LogP contribution < -0.4 is 5.32 Å². The quantitative estimate of drug-likeness (QED) is 0.652. The molecule has 5 nitrogen and oxygen atoms in total. The van der Waals surface area contributed by atoms with Crippen LogP contribution in [0.3, 0.4) is 0 Å². The summed E-state index contributed by atoms with van der Waals surface area (Å²) in [6, 6.07) is 0. The van der Waals surface area contributed by atoms with E-state index in [1.165, 1.54) is 6.20 Å². The molecule has 3 heterocycles. The van der Waals surface area contributed by atoms with Crippen LogP contribution in [-0.4, -0.2) is 25.7 Å². The molecule has 1 aliphatic carbocycles. The number of fused-ring (bicyclic) bond motifs is 1. The van der Waals surface area contributed by atoms with E-state index in [-0.39, 0.29) is 11.8 Å². The minimum atomic E-state index is -4.53. The first kappa shape index (κ1) is 21.6. The lowest BCUT2D eigenvalue weighted by Gasteiger charge is -2.19. The van der Waals surface area contributed by atoms with Gasteiger partial charge in [0.1, 0.15) is 6.23 Å². The number of aliphatic hydroxyl groups excluding tert-OH is 1. The van der Waals surface area contributed by atoms with E-state index in [0.29, 0.717) is 24.2 Å². The first-order valence-electron chi connectivity index (χ1n) is 10.7. The molecular formula is C23H27F3N4O. The highest BCUT2D eigenvalue weighted by molar-refractivity contribution is 5.46. The van der Waals surface area contributed by atoms with Crippen LogP contribution in [0.4, 0.5) is 13.2 Å². The topological polar surface area (TPSA) is 62.5 Å². The molecule has 1 aliphatic heterocycles. The van der Waals surface area contributed by atoms with Gasteiger partial charge in [0.15, 0.2) is 11.3 Å². The largest absolute Gasteiger partial charge is 0.434 e. The van der Waals surface area contributed by atoms with Crippen molar-refractivity contribution in [3.05, 3.63) is 65.6 Å². The molecule has 2 unspecified atom stereocenters. The number of nitrogens with one attached hydrogen (secondary N) is 1. The third-order valence-corrected chi connectivity index (χ3v) is 6.10. The second-order valence-corrected chi connectivity index (χ2v) is 8.27. The number of aliphatic hydroxyl groups is 1. The lowest BCUT2D eigenvalue weighted by molar-refractivity contribution is -0.141. The minimum Gasteiger partial charge on any atom is -0.373 e. The summed E-state index contributed by atoms with van der Waals surface area (Å²) in [5, 5.41) is 12.8. The van der Waals surface area contributed by atoms with E-state index in [1.807, 2.05) is 13.0 Å². The van der Waals surface area contributed by atoms with Crippen LogP contribution in [0.25, 0.3) is 5.65 Å². The van der Waals surface area contributed by atoms with Crippen LogP contribution in [-0.2, 0) is 6.18 Å². The number of aromatic nitrogens is 3. The SMILES string of the molecule is C=C1N[C@H](O)C/C1=C/C(CC)c1c(C2CC=CCCC2)nc2cnc(C(F)(F)F)cn12. The van der Waals surface area contributed by atoms with Crippen LogP contribution in [0, 0.1) is 0 Å². The molecule has 166 valence electrons. The monoisotopic (exact) mass is 432 g/mol.